The molecule has 2 aromatic rings. The molecule has 26 heavy (non-hydrogen) atoms. The number of hydrogen-bond acceptors (Lipinski definition) is 5. The number of nitrogens with two attached hydrogens (primary N) is 1. The lowest BCUT2D eigenvalue weighted by Crippen LogP contribution is -2.33. The van der Waals surface area contributed by atoms with Crippen molar-refractivity contribution in [3.63, 3.8) is 0 Å². The SMILES string of the molecule is CN1C(=O)C(c2ccc(OCCCNCCN)cc2)Sc2ccccc21. The lowest BCUT2D eigenvalue weighted by Gasteiger charge is -2.31. The van der Waals surface area contributed by atoms with Crippen molar-refractivity contribution >= 4 is 23.4 Å². The van der Waals surface area contributed by atoms with E-state index < -0.39 is 0 Å². The van der Waals surface area contributed by atoms with Crippen LogP contribution in [0, 0.1) is 0 Å². The predicted octanol–water partition coefficient (Wildman–Crippen LogP) is 2.81. The normalized spacial score (nSPS) is 16.5. The number of ether oxygens (including phenoxy) is 1. The predicted molar refractivity (Wildman–Crippen MR) is 107 cm³/mol. The molecule has 0 aliphatic carbocycles. The standard InChI is InChI=1S/C20H25N3O2S/c1-23-17-5-2-3-6-18(17)26-19(20(23)24)15-7-9-16(10-8-15)25-14-4-12-22-13-11-21/h2-3,5-10,19,22H,4,11-14,21H2,1H3. The van der Waals surface area contributed by atoms with Crippen molar-refractivity contribution in [2.24, 2.45) is 5.73 Å². The summed E-state index contributed by atoms with van der Waals surface area (Å²) in [6.07, 6.45) is 0.931. The number of amides is 1. The Hall–Kier alpha value is -2.02. The zero-order chi connectivity index (χ0) is 18.4. The topological polar surface area (TPSA) is 67.6 Å². The van der Waals surface area contributed by atoms with Crippen molar-refractivity contribution in [3.05, 3.63) is 54.1 Å². The smallest absolute Gasteiger partial charge is 0.244 e. The third kappa shape index (κ3) is 4.38. The summed E-state index contributed by atoms with van der Waals surface area (Å²) in [7, 11) is 1.84. The molecule has 0 radical (unpaired) electrons. The molecule has 1 aliphatic rings. The highest BCUT2D eigenvalue weighted by molar-refractivity contribution is 8.00. The molecule has 3 rings (SSSR count). The van der Waals surface area contributed by atoms with Gasteiger partial charge in [-0.1, -0.05) is 24.3 Å². The molecule has 6 heteroatoms. The Morgan fingerprint density at radius 3 is 2.69 bits per heavy atom. The second-order valence-electron chi connectivity index (χ2n) is 6.17. The van der Waals surface area contributed by atoms with Gasteiger partial charge in [0.05, 0.1) is 12.3 Å². The van der Waals surface area contributed by atoms with Crippen molar-refractivity contribution in [1.29, 1.82) is 0 Å². The van der Waals surface area contributed by atoms with Crippen LogP contribution >= 0.6 is 11.8 Å². The first kappa shape index (κ1) is 18.8. The Morgan fingerprint density at radius 1 is 1.15 bits per heavy atom. The molecule has 1 unspecified atom stereocenters. The van der Waals surface area contributed by atoms with Gasteiger partial charge in [-0.15, -0.1) is 11.8 Å². The Morgan fingerprint density at radius 2 is 1.92 bits per heavy atom. The Balaban J connectivity index is 1.59. The van der Waals surface area contributed by atoms with Crippen LogP contribution < -0.4 is 20.7 Å². The van der Waals surface area contributed by atoms with Crippen LogP contribution in [0.3, 0.4) is 0 Å². The van der Waals surface area contributed by atoms with E-state index in [2.05, 4.69) is 11.4 Å². The zero-order valence-electron chi connectivity index (χ0n) is 15.0. The molecule has 1 amide bonds. The monoisotopic (exact) mass is 371 g/mol. The highest BCUT2D eigenvalue weighted by atomic mass is 32.2. The minimum absolute atomic E-state index is 0.105. The first-order chi connectivity index (χ1) is 12.7. The Labute approximate surface area is 158 Å². The van der Waals surface area contributed by atoms with E-state index in [-0.39, 0.29) is 11.2 Å². The zero-order valence-corrected chi connectivity index (χ0v) is 15.8. The summed E-state index contributed by atoms with van der Waals surface area (Å²) in [5, 5.41) is 3.02. The molecule has 3 N–H and O–H groups in total. The van der Waals surface area contributed by atoms with Crippen molar-refractivity contribution in [2.45, 2.75) is 16.6 Å². The number of nitrogens with one attached hydrogen (secondary N) is 1. The largest absolute Gasteiger partial charge is 0.494 e. The van der Waals surface area contributed by atoms with Gasteiger partial charge in [0.15, 0.2) is 0 Å². The average Bonchev–Trinajstić information content (AvgIpc) is 2.68. The summed E-state index contributed by atoms with van der Waals surface area (Å²) in [6, 6.07) is 15.9. The fourth-order valence-electron chi connectivity index (χ4n) is 2.87. The molecule has 0 aromatic heterocycles. The fraction of sp³-hybridized carbons (Fsp3) is 0.350. The Bertz CT molecular complexity index is 736. The summed E-state index contributed by atoms with van der Waals surface area (Å²) in [6.45, 7) is 3.04. The van der Waals surface area contributed by atoms with Gasteiger partial charge in [-0.3, -0.25) is 4.79 Å². The van der Waals surface area contributed by atoms with Gasteiger partial charge in [-0.05, 0) is 42.8 Å². The van der Waals surface area contributed by atoms with Crippen LogP contribution in [0.4, 0.5) is 5.69 Å². The molecule has 1 aliphatic heterocycles. The lowest BCUT2D eigenvalue weighted by atomic mass is 10.1. The molecule has 0 fully saturated rings. The molecule has 0 saturated carbocycles. The quantitative estimate of drug-likeness (QED) is 0.699. The molecule has 2 aromatic carbocycles. The van der Waals surface area contributed by atoms with E-state index in [4.69, 9.17) is 10.5 Å². The maximum atomic E-state index is 12.7. The molecule has 0 saturated heterocycles. The average molecular weight is 372 g/mol. The number of thioether (sulfide) groups is 1. The number of carbonyl (C=O) groups is 1. The summed E-state index contributed by atoms with van der Waals surface area (Å²) in [5.74, 6) is 0.933. The number of benzene rings is 2. The third-order valence-corrected chi connectivity index (χ3v) is 5.61. The van der Waals surface area contributed by atoms with E-state index in [0.717, 1.165) is 41.4 Å². The van der Waals surface area contributed by atoms with Gasteiger partial charge >= 0.3 is 0 Å². The van der Waals surface area contributed by atoms with Gasteiger partial charge in [0.25, 0.3) is 0 Å². The van der Waals surface area contributed by atoms with Crippen LogP contribution in [0.2, 0.25) is 0 Å². The van der Waals surface area contributed by atoms with Gasteiger partial charge in [-0.2, -0.15) is 0 Å². The molecule has 5 nitrogen and oxygen atoms in total. The van der Waals surface area contributed by atoms with Crippen LogP contribution in [0.25, 0.3) is 0 Å². The number of para-hydroxylation sites is 1. The summed E-state index contributed by atoms with van der Waals surface area (Å²) < 4.78 is 5.76. The highest BCUT2D eigenvalue weighted by Crippen LogP contribution is 2.45. The number of hydrogen-bond donors (Lipinski definition) is 2. The number of carbonyl (C=O) groups excluding carboxylic acids is 1. The van der Waals surface area contributed by atoms with Crippen LogP contribution in [0.5, 0.6) is 5.75 Å². The van der Waals surface area contributed by atoms with Crippen LogP contribution in [-0.4, -0.2) is 39.2 Å². The van der Waals surface area contributed by atoms with Crippen LogP contribution in [0.1, 0.15) is 17.2 Å². The maximum Gasteiger partial charge on any atom is 0.244 e. The van der Waals surface area contributed by atoms with E-state index in [1.54, 1.807) is 16.7 Å². The number of anilines is 1. The third-order valence-electron chi connectivity index (χ3n) is 4.30. The van der Waals surface area contributed by atoms with Gasteiger partial charge in [0.1, 0.15) is 11.0 Å². The number of rotatable bonds is 8. The highest BCUT2D eigenvalue weighted by Gasteiger charge is 2.32. The first-order valence-electron chi connectivity index (χ1n) is 8.87. The molecule has 0 spiro atoms. The molecule has 138 valence electrons. The number of fused-ring (bicyclic) bond motifs is 1. The molecule has 1 atom stereocenters. The Kier molecular flexibility index (Phi) is 6.55. The van der Waals surface area contributed by atoms with E-state index in [1.807, 2.05) is 49.5 Å². The van der Waals surface area contributed by atoms with Crippen molar-refractivity contribution in [1.82, 2.24) is 5.32 Å². The maximum absolute atomic E-state index is 12.7. The van der Waals surface area contributed by atoms with E-state index >= 15 is 0 Å². The summed E-state index contributed by atoms with van der Waals surface area (Å²) in [4.78, 5) is 15.6. The van der Waals surface area contributed by atoms with Crippen molar-refractivity contribution in [3.8, 4) is 5.75 Å². The van der Waals surface area contributed by atoms with Gasteiger partial charge in [0.2, 0.25) is 5.91 Å². The fourth-order valence-corrected chi connectivity index (χ4v) is 4.16. The minimum Gasteiger partial charge on any atom is -0.494 e. The molecular weight excluding hydrogens is 346 g/mol. The number of likely N-dealkylation sites (N-methyl/N-ethyl adjacent to an activating group) is 1. The van der Waals surface area contributed by atoms with E-state index in [9.17, 15) is 4.79 Å². The molecular formula is C20H25N3O2S. The van der Waals surface area contributed by atoms with Gasteiger partial charge < -0.3 is 20.7 Å². The first-order valence-corrected chi connectivity index (χ1v) is 9.75. The van der Waals surface area contributed by atoms with E-state index in [0.29, 0.717) is 13.2 Å². The van der Waals surface area contributed by atoms with Crippen LogP contribution in [0.15, 0.2) is 53.4 Å². The molecule has 0 bridgehead atoms. The summed E-state index contributed by atoms with van der Waals surface area (Å²) >= 11 is 1.61. The second kappa shape index (κ2) is 9.07. The second-order valence-corrected chi connectivity index (χ2v) is 7.32. The van der Waals surface area contributed by atoms with Gasteiger partial charge in [-0.25, -0.2) is 0 Å². The van der Waals surface area contributed by atoms with Crippen molar-refractivity contribution in [2.75, 3.05) is 38.2 Å². The molecule has 1 heterocycles. The van der Waals surface area contributed by atoms with E-state index in [1.165, 1.54) is 0 Å². The minimum atomic E-state index is -0.218. The van der Waals surface area contributed by atoms with Crippen LogP contribution in [-0.2, 0) is 4.79 Å². The van der Waals surface area contributed by atoms with Crippen molar-refractivity contribution < 1.29 is 9.53 Å². The number of nitrogens with zero attached hydrogens (tertiary/aromatic N) is 1. The summed E-state index contributed by atoms with van der Waals surface area (Å²) in [5.41, 5.74) is 7.40. The lowest BCUT2D eigenvalue weighted by molar-refractivity contribution is -0.118. The van der Waals surface area contributed by atoms with Gasteiger partial charge in [0, 0.05) is 25.0 Å².